The highest BCUT2D eigenvalue weighted by molar-refractivity contribution is 7.23. The molecular weight excluding hydrogens is 229 g/mol. The number of nitrogens with two attached hydrogens (primary N) is 1. The van der Waals surface area contributed by atoms with Gasteiger partial charge in [0, 0.05) is 6.54 Å². The summed E-state index contributed by atoms with van der Waals surface area (Å²) in [6.45, 7) is 1.06. The van der Waals surface area contributed by atoms with Crippen LogP contribution in [0.25, 0.3) is 11.2 Å². The van der Waals surface area contributed by atoms with Crippen molar-refractivity contribution in [3.8, 4) is 0 Å². The normalized spacial score (nSPS) is 11.2. The number of nitrogen functional groups attached to an aromatic ring is 1. The van der Waals surface area contributed by atoms with Crippen LogP contribution in [0.3, 0.4) is 0 Å². The summed E-state index contributed by atoms with van der Waals surface area (Å²) >= 11 is 0. The maximum Gasteiger partial charge on any atom is 0.353 e. The molecule has 84 valence electrons. The third-order valence-corrected chi connectivity index (χ3v) is 2.39. The van der Waals surface area contributed by atoms with Gasteiger partial charge in [-0.25, -0.2) is 15.0 Å². The summed E-state index contributed by atoms with van der Waals surface area (Å²) < 4.78 is 17.1. The van der Waals surface area contributed by atoms with E-state index in [-0.39, 0.29) is 6.35 Å². The molecule has 1 atom stereocenters. The highest BCUT2D eigenvalue weighted by Gasteiger charge is 2.07. The van der Waals surface area contributed by atoms with Gasteiger partial charge in [0.25, 0.3) is 0 Å². The number of ether oxygens (including phenoxy) is 1. The Hall–Kier alpha value is -1.59. The van der Waals surface area contributed by atoms with Crippen LogP contribution in [0.15, 0.2) is 12.7 Å². The van der Waals surface area contributed by atoms with Crippen molar-refractivity contribution in [3.63, 3.8) is 0 Å². The second-order valence-electron chi connectivity index (χ2n) is 3.07. The average Bonchev–Trinajstić information content (AvgIpc) is 2.70. The highest BCUT2D eigenvalue weighted by Crippen LogP contribution is 2.13. The molecule has 2 aromatic heterocycles. The van der Waals surface area contributed by atoms with Gasteiger partial charge in [-0.05, 0) is 0 Å². The lowest BCUT2D eigenvalue weighted by Crippen LogP contribution is -2.05. The van der Waals surface area contributed by atoms with Gasteiger partial charge >= 0.3 is 8.46 Å². The van der Waals surface area contributed by atoms with Crippen LogP contribution in [0.5, 0.6) is 0 Å². The van der Waals surface area contributed by atoms with Crippen LogP contribution < -0.4 is 5.73 Å². The average molecular weight is 240 g/mol. The molecule has 0 saturated carbocycles. The van der Waals surface area contributed by atoms with Crippen LogP contribution in [0.1, 0.15) is 0 Å². The molecule has 7 nitrogen and oxygen atoms in total. The summed E-state index contributed by atoms with van der Waals surface area (Å²) in [7, 11) is -0.431. The standard InChI is InChI=1S/C8H10N5O2P/c9-7-6-8(11-3-10-7)13(4-12-6)1-2-15-5-16-14/h3-4H,1-2,5H2,(H2,9,10,11)/p+1. The molecule has 2 heterocycles. The Morgan fingerprint density at radius 1 is 1.44 bits per heavy atom. The summed E-state index contributed by atoms with van der Waals surface area (Å²) in [5.74, 6) is 0.366. The Morgan fingerprint density at radius 3 is 3.12 bits per heavy atom. The number of fused-ring (bicyclic) bond motifs is 1. The van der Waals surface area contributed by atoms with Gasteiger partial charge in [-0.3, -0.25) is 0 Å². The largest absolute Gasteiger partial charge is 0.382 e. The van der Waals surface area contributed by atoms with Crippen molar-refractivity contribution in [3.05, 3.63) is 12.7 Å². The van der Waals surface area contributed by atoms with E-state index in [9.17, 15) is 4.57 Å². The molecule has 1 unspecified atom stereocenters. The van der Waals surface area contributed by atoms with Crippen molar-refractivity contribution in [2.45, 2.75) is 6.54 Å². The number of imidazole rings is 1. The van der Waals surface area contributed by atoms with Crippen molar-refractivity contribution in [2.75, 3.05) is 18.7 Å². The monoisotopic (exact) mass is 240 g/mol. The lowest BCUT2D eigenvalue weighted by Gasteiger charge is -2.01. The molecule has 0 amide bonds. The van der Waals surface area contributed by atoms with Crippen LogP contribution in [0.4, 0.5) is 5.82 Å². The zero-order valence-electron chi connectivity index (χ0n) is 8.46. The van der Waals surface area contributed by atoms with Gasteiger partial charge in [-0.2, -0.15) is 0 Å². The van der Waals surface area contributed by atoms with Gasteiger partial charge in [0.2, 0.25) is 6.35 Å². The molecule has 2 N–H and O–H groups in total. The van der Waals surface area contributed by atoms with E-state index in [1.165, 1.54) is 6.33 Å². The predicted molar refractivity (Wildman–Crippen MR) is 59.6 cm³/mol. The van der Waals surface area contributed by atoms with Crippen molar-refractivity contribution in [1.29, 1.82) is 0 Å². The number of hydrogen-bond donors (Lipinski definition) is 1. The Kier molecular flexibility index (Phi) is 3.38. The first-order valence-electron chi connectivity index (χ1n) is 4.67. The molecule has 0 aliphatic rings. The van der Waals surface area contributed by atoms with Crippen molar-refractivity contribution in [1.82, 2.24) is 19.5 Å². The predicted octanol–water partition coefficient (Wildman–Crippen LogP) is 0.407. The summed E-state index contributed by atoms with van der Waals surface area (Å²) in [5, 5.41) is 0. The summed E-state index contributed by atoms with van der Waals surface area (Å²) in [5.41, 5.74) is 6.92. The van der Waals surface area contributed by atoms with E-state index < -0.39 is 8.46 Å². The zero-order chi connectivity index (χ0) is 11.4. The molecular formula is C8H11N5O2P+. The summed E-state index contributed by atoms with van der Waals surface area (Å²) in [4.78, 5) is 12.1. The maximum absolute atomic E-state index is 10.2. The SMILES string of the molecule is Nc1ncnc2c1ncn2CCOC[PH+]=O. The molecule has 0 aromatic carbocycles. The van der Waals surface area contributed by atoms with Crippen molar-refractivity contribution < 1.29 is 9.30 Å². The molecule has 0 bridgehead atoms. The first-order chi connectivity index (χ1) is 7.83. The number of hydrogen-bond acceptors (Lipinski definition) is 6. The highest BCUT2D eigenvalue weighted by atomic mass is 31.1. The molecule has 8 heteroatoms. The Bertz CT molecular complexity index is 500. The number of rotatable bonds is 5. The fourth-order valence-corrected chi connectivity index (χ4v) is 1.57. The van der Waals surface area contributed by atoms with Crippen LogP contribution in [-0.2, 0) is 15.8 Å². The van der Waals surface area contributed by atoms with Gasteiger partial charge in [0.1, 0.15) is 11.8 Å². The fourth-order valence-electron chi connectivity index (χ4n) is 1.34. The van der Waals surface area contributed by atoms with Gasteiger partial charge in [0.05, 0.1) is 12.9 Å². The second kappa shape index (κ2) is 4.96. The first-order valence-corrected chi connectivity index (χ1v) is 5.78. The van der Waals surface area contributed by atoms with Crippen LogP contribution >= 0.6 is 8.46 Å². The number of nitrogens with zero attached hydrogens (tertiary/aromatic N) is 4. The Balaban J connectivity index is 2.13. The summed E-state index contributed by atoms with van der Waals surface area (Å²) in [6, 6.07) is 0. The molecule has 2 rings (SSSR count). The minimum absolute atomic E-state index is 0.254. The molecule has 2 aromatic rings. The van der Waals surface area contributed by atoms with Crippen molar-refractivity contribution >= 4 is 25.4 Å². The minimum atomic E-state index is -0.431. The smallest absolute Gasteiger partial charge is 0.353 e. The fraction of sp³-hybridized carbons (Fsp3) is 0.375. The molecule has 16 heavy (non-hydrogen) atoms. The van der Waals surface area contributed by atoms with Gasteiger partial charge in [0.15, 0.2) is 11.5 Å². The van der Waals surface area contributed by atoms with E-state index in [4.69, 9.17) is 10.5 Å². The number of aromatic nitrogens is 4. The molecule has 0 aliphatic heterocycles. The van der Waals surface area contributed by atoms with Crippen LogP contribution in [0.2, 0.25) is 0 Å². The van der Waals surface area contributed by atoms with E-state index in [1.54, 1.807) is 6.33 Å². The topological polar surface area (TPSA) is 95.9 Å². The lowest BCUT2D eigenvalue weighted by molar-refractivity contribution is 0.170. The Morgan fingerprint density at radius 2 is 2.31 bits per heavy atom. The quantitative estimate of drug-likeness (QED) is 0.600. The Labute approximate surface area is 92.9 Å². The van der Waals surface area contributed by atoms with Gasteiger partial charge < -0.3 is 15.0 Å². The second-order valence-corrected chi connectivity index (χ2v) is 3.64. The molecule has 0 radical (unpaired) electrons. The molecule has 0 saturated heterocycles. The van der Waals surface area contributed by atoms with Crippen molar-refractivity contribution in [2.24, 2.45) is 0 Å². The lowest BCUT2D eigenvalue weighted by atomic mass is 10.5. The molecule has 0 aliphatic carbocycles. The van der Waals surface area contributed by atoms with Crippen LogP contribution in [0, 0.1) is 0 Å². The van der Waals surface area contributed by atoms with Crippen LogP contribution in [-0.4, -0.2) is 32.5 Å². The maximum atomic E-state index is 10.2. The third kappa shape index (κ3) is 2.15. The molecule has 0 fully saturated rings. The van der Waals surface area contributed by atoms with E-state index >= 15 is 0 Å². The zero-order valence-corrected chi connectivity index (χ0v) is 9.46. The first kappa shape index (κ1) is 10.9. The number of anilines is 1. The molecule has 0 spiro atoms. The minimum Gasteiger partial charge on any atom is -0.382 e. The van der Waals surface area contributed by atoms with Gasteiger partial charge in [-0.15, -0.1) is 0 Å². The van der Waals surface area contributed by atoms with E-state index in [2.05, 4.69) is 15.0 Å². The van der Waals surface area contributed by atoms with E-state index in [1.807, 2.05) is 4.57 Å². The summed E-state index contributed by atoms with van der Waals surface area (Å²) in [6.07, 6.45) is 3.29. The van der Waals surface area contributed by atoms with E-state index in [0.29, 0.717) is 30.1 Å². The van der Waals surface area contributed by atoms with Gasteiger partial charge in [-0.1, -0.05) is 4.57 Å². The van der Waals surface area contributed by atoms with E-state index in [0.717, 1.165) is 0 Å². The third-order valence-electron chi connectivity index (χ3n) is 2.07.